The van der Waals surface area contributed by atoms with Crippen molar-refractivity contribution in [1.29, 1.82) is 0 Å². The quantitative estimate of drug-likeness (QED) is 0.810. The highest BCUT2D eigenvalue weighted by molar-refractivity contribution is 4.88. The molecule has 16 heavy (non-hydrogen) atoms. The van der Waals surface area contributed by atoms with Gasteiger partial charge in [0, 0.05) is 13.0 Å². The molecule has 1 atom stereocenters. The van der Waals surface area contributed by atoms with Crippen LogP contribution in [0.4, 0.5) is 0 Å². The summed E-state index contributed by atoms with van der Waals surface area (Å²) in [7, 11) is 0. The van der Waals surface area contributed by atoms with E-state index in [2.05, 4.69) is 20.8 Å². The molecule has 1 saturated carbocycles. The van der Waals surface area contributed by atoms with Gasteiger partial charge < -0.3 is 5.32 Å². The Morgan fingerprint density at radius 1 is 1.25 bits per heavy atom. The average molecular weight is 221 g/mol. The van der Waals surface area contributed by atoms with Crippen LogP contribution in [0.3, 0.4) is 0 Å². The largest absolute Gasteiger partial charge is 0.316 e. The molecule has 88 valence electrons. The van der Waals surface area contributed by atoms with Crippen LogP contribution in [0.15, 0.2) is 0 Å². The molecule has 1 aromatic heterocycles. The number of nitrogens with one attached hydrogen (secondary N) is 1. The molecule has 1 aromatic rings. The molecule has 2 heterocycles. The molecule has 0 aromatic carbocycles. The maximum Gasteiger partial charge on any atom is 0.151 e. The van der Waals surface area contributed by atoms with E-state index in [1.54, 1.807) is 0 Å². The van der Waals surface area contributed by atoms with E-state index < -0.39 is 0 Å². The maximum absolute atomic E-state index is 4.17. The van der Waals surface area contributed by atoms with E-state index in [4.69, 9.17) is 0 Å². The molecule has 2 aliphatic rings. The predicted octanol–water partition coefficient (Wildman–Crippen LogP) is 0.625. The first-order valence-corrected chi connectivity index (χ1v) is 6.37. The van der Waals surface area contributed by atoms with Gasteiger partial charge in [-0.2, -0.15) is 0 Å². The van der Waals surface area contributed by atoms with Crippen LogP contribution in [0, 0.1) is 11.8 Å². The second kappa shape index (κ2) is 4.49. The molecule has 0 bridgehead atoms. The molecule has 5 nitrogen and oxygen atoms in total. The van der Waals surface area contributed by atoms with Crippen LogP contribution in [-0.4, -0.2) is 33.3 Å². The van der Waals surface area contributed by atoms with E-state index in [0.29, 0.717) is 0 Å². The Hall–Kier alpha value is -0.970. The molecule has 0 radical (unpaired) electrons. The minimum Gasteiger partial charge on any atom is -0.316 e. The number of hydrogen-bond donors (Lipinski definition) is 1. The second-order valence-corrected chi connectivity index (χ2v) is 5.14. The molecule has 0 amide bonds. The Kier molecular flexibility index (Phi) is 2.86. The molecule has 5 heteroatoms. The van der Waals surface area contributed by atoms with Crippen molar-refractivity contribution >= 4 is 0 Å². The van der Waals surface area contributed by atoms with Crippen molar-refractivity contribution in [2.75, 3.05) is 13.1 Å². The van der Waals surface area contributed by atoms with E-state index in [0.717, 1.165) is 43.7 Å². The van der Waals surface area contributed by atoms with Crippen molar-refractivity contribution in [3.63, 3.8) is 0 Å². The van der Waals surface area contributed by atoms with Crippen LogP contribution in [0.25, 0.3) is 0 Å². The average Bonchev–Trinajstić information content (AvgIpc) is 2.84. The fourth-order valence-corrected chi connectivity index (χ4v) is 2.58. The summed E-state index contributed by atoms with van der Waals surface area (Å²) in [6.45, 7) is 3.30. The van der Waals surface area contributed by atoms with Gasteiger partial charge in [-0.25, -0.2) is 4.68 Å². The Bertz CT molecular complexity index is 338. The van der Waals surface area contributed by atoms with Crippen LogP contribution >= 0.6 is 0 Å². The van der Waals surface area contributed by atoms with E-state index >= 15 is 0 Å². The van der Waals surface area contributed by atoms with Crippen LogP contribution in [-0.2, 0) is 13.0 Å². The fourth-order valence-electron chi connectivity index (χ4n) is 2.58. The molecule has 0 spiro atoms. The topological polar surface area (TPSA) is 55.6 Å². The number of tetrazole rings is 1. The molecule has 2 fully saturated rings. The highest BCUT2D eigenvalue weighted by atomic mass is 15.5. The Labute approximate surface area is 95.6 Å². The highest BCUT2D eigenvalue weighted by Gasteiger charge is 2.22. The standard InChI is InChI=1S/C11H19N5/c1-2-9(3-1)8-16-11(13-14-15-16)6-10-4-5-12-7-10/h9-10,12H,1-8H2. The lowest BCUT2D eigenvalue weighted by Gasteiger charge is -2.25. The van der Waals surface area contributed by atoms with Gasteiger partial charge in [-0.15, -0.1) is 5.10 Å². The van der Waals surface area contributed by atoms with Crippen LogP contribution in [0.1, 0.15) is 31.5 Å². The number of nitrogens with zero attached hydrogens (tertiary/aromatic N) is 4. The normalized spacial score (nSPS) is 25.9. The summed E-state index contributed by atoms with van der Waals surface area (Å²) in [4.78, 5) is 0. The Morgan fingerprint density at radius 2 is 2.19 bits per heavy atom. The Balaban J connectivity index is 1.61. The van der Waals surface area contributed by atoms with Gasteiger partial charge in [0.25, 0.3) is 0 Å². The first-order chi connectivity index (χ1) is 7.92. The van der Waals surface area contributed by atoms with Crippen molar-refractivity contribution < 1.29 is 0 Å². The van der Waals surface area contributed by atoms with Crippen LogP contribution in [0.5, 0.6) is 0 Å². The van der Waals surface area contributed by atoms with E-state index in [1.807, 2.05) is 4.68 Å². The third-order valence-corrected chi connectivity index (χ3v) is 3.90. The van der Waals surface area contributed by atoms with E-state index in [1.165, 1.54) is 25.7 Å². The SMILES string of the molecule is C1CC(Cn2nnnc2CC2CCNC2)C1. The lowest BCUT2D eigenvalue weighted by atomic mass is 9.85. The van der Waals surface area contributed by atoms with Gasteiger partial charge in [0.05, 0.1) is 0 Å². The molecule has 1 saturated heterocycles. The van der Waals surface area contributed by atoms with Gasteiger partial charge in [-0.1, -0.05) is 6.42 Å². The van der Waals surface area contributed by atoms with Crippen molar-refractivity contribution in [2.45, 2.75) is 38.6 Å². The number of aromatic nitrogens is 4. The third-order valence-electron chi connectivity index (χ3n) is 3.90. The minimum absolute atomic E-state index is 0.728. The van der Waals surface area contributed by atoms with Crippen molar-refractivity contribution in [3.05, 3.63) is 5.82 Å². The minimum atomic E-state index is 0.728. The Morgan fingerprint density at radius 3 is 2.88 bits per heavy atom. The second-order valence-electron chi connectivity index (χ2n) is 5.14. The van der Waals surface area contributed by atoms with Gasteiger partial charge in [0.15, 0.2) is 5.82 Å². The third kappa shape index (κ3) is 2.09. The summed E-state index contributed by atoms with van der Waals surface area (Å²) < 4.78 is 2.03. The zero-order valence-corrected chi connectivity index (χ0v) is 9.60. The highest BCUT2D eigenvalue weighted by Crippen LogP contribution is 2.28. The predicted molar refractivity (Wildman–Crippen MR) is 59.8 cm³/mol. The van der Waals surface area contributed by atoms with E-state index in [9.17, 15) is 0 Å². The van der Waals surface area contributed by atoms with Crippen molar-refractivity contribution in [3.8, 4) is 0 Å². The number of hydrogen-bond acceptors (Lipinski definition) is 4. The lowest BCUT2D eigenvalue weighted by molar-refractivity contribution is 0.260. The van der Waals surface area contributed by atoms with E-state index in [-0.39, 0.29) is 0 Å². The molecule has 1 aliphatic heterocycles. The first kappa shape index (κ1) is 10.2. The molecule has 3 rings (SSSR count). The summed E-state index contributed by atoms with van der Waals surface area (Å²) in [6.07, 6.45) is 6.38. The van der Waals surface area contributed by atoms with Gasteiger partial charge in [0.2, 0.25) is 0 Å². The monoisotopic (exact) mass is 221 g/mol. The maximum atomic E-state index is 4.17. The molecular weight excluding hydrogens is 202 g/mol. The summed E-state index contributed by atoms with van der Waals surface area (Å²) in [5.41, 5.74) is 0. The molecule has 1 unspecified atom stereocenters. The smallest absolute Gasteiger partial charge is 0.151 e. The van der Waals surface area contributed by atoms with Gasteiger partial charge >= 0.3 is 0 Å². The molecular formula is C11H19N5. The van der Waals surface area contributed by atoms with Crippen LogP contribution < -0.4 is 5.32 Å². The number of rotatable bonds is 4. The zero-order valence-electron chi connectivity index (χ0n) is 9.60. The lowest BCUT2D eigenvalue weighted by Crippen LogP contribution is -2.21. The summed E-state index contributed by atoms with van der Waals surface area (Å²) in [6, 6.07) is 0. The van der Waals surface area contributed by atoms with Gasteiger partial charge in [-0.3, -0.25) is 0 Å². The fraction of sp³-hybridized carbons (Fsp3) is 0.909. The first-order valence-electron chi connectivity index (χ1n) is 6.37. The zero-order chi connectivity index (χ0) is 10.8. The summed E-state index contributed by atoms with van der Waals surface area (Å²) in [5, 5.41) is 15.5. The van der Waals surface area contributed by atoms with Crippen molar-refractivity contribution in [2.24, 2.45) is 11.8 Å². The molecule has 1 N–H and O–H groups in total. The summed E-state index contributed by atoms with van der Waals surface area (Å²) in [5.74, 6) is 2.63. The van der Waals surface area contributed by atoms with Gasteiger partial charge in [0.1, 0.15) is 0 Å². The molecule has 1 aliphatic carbocycles. The van der Waals surface area contributed by atoms with Crippen LogP contribution in [0.2, 0.25) is 0 Å². The van der Waals surface area contributed by atoms with Crippen molar-refractivity contribution in [1.82, 2.24) is 25.5 Å². The van der Waals surface area contributed by atoms with Gasteiger partial charge in [-0.05, 0) is 54.6 Å². The summed E-state index contributed by atoms with van der Waals surface area (Å²) >= 11 is 0.